The molecule has 9 heteroatoms. The molecule has 2 N–H and O–H groups in total. The SMILES string of the molecule is CCOC(=O)C1=c2/c(=C/c3ccncc3)c(N)c(C#N)n2C(=O)[C@H](c2ccncc2)S1. The highest BCUT2D eigenvalue weighted by Crippen LogP contribution is 2.39. The van der Waals surface area contributed by atoms with Gasteiger partial charge in [0, 0.05) is 30.0 Å². The van der Waals surface area contributed by atoms with Gasteiger partial charge in [0.1, 0.15) is 16.2 Å². The number of hydrogen-bond donors (Lipinski definition) is 1. The normalized spacial score (nSPS) is 16.0. The van der Waals surface area contributed by atoms with Gasteiger partial charge in [-0.15, -0.1) is 0 Å². The van der Waals surface area contributed by atoms with E-state index in [9.17, 15) is 14.9 Å². The third-order valence-electron chi connectivity index (χ3n) is 4.74. The molecule has 31 heavy (non-hydrogen) atoms. The highest BCUT2D eigenvalue weighted by molar-refractivity contribution is 8.10. The molecule has 0 bridgehead atoms. The van der Waals surface area contributed by atoms with Gasteiger partial charge < -0.3 is 10.5 Å². The van der Waals surface area contributed by atoms with Crippen molar-refractivity contribution in [2.45, 2.75) is 12.2 Å². The van der Waals surface area contributed by atoms with Crippen LogP contribution in [0.3, 0.4) is 0 Å². The Hall–Kier alpha value is -3.90. The van der Waals surface area contributed by atoms with Gasteiger partial charge in [0.2, 0.25) is 5.91 Å². The van der Waals surface area contributed by atoms with Gasteiger partial charge in [0.15, 0.2) is 5.69 Å². The first-order valence-electron chi connectivity index (χ1n) is 9.41. The van der Waals surface area contributed by atoms with E-state index in [-0.39, 0.29) is 34.1 Å². The van der Waals surface area contributed by atoms with Gasteiger partial charge in [-0.2, -0.15) is 5.26 Å². The number of ether oxygens (including phenoxy) is 1. The third-order valence-corrected chi connectivity index (χ3v) is 6.04. The van der Waals surface area contributed by atoms with Crippen molar-refractivity contribution >= 4 is 40.3 Å². The third kappa shape index (κ3) is 3.58. The zero-order valence-electron chi connectivity index (χ0n) is 16.5. The van der Waals surface area contributed by atoms with Gasteiger partial charge in [-0.1, -0.05) is 11.8 Å². The van der Waals surface area contributed by atoms with Crippen molar-refractivity contribution in [3.05, 3.63) is 76.4 Å². The van der Waals surface area contributed by atoms with Crippen molar-refractivity contribution in [1.29, 1.82) is 5.26 Å². The average molecular weight is 431 g/mol. The quantitative estimate of drug-likeness (QED) is 0.614. The summed E-state index contributed by atoms with van der Waals surface area (Å²) in [7, 11) is 0. The molecule has 8 nitrogen and oxygen atoms in total. The average Bonchev–Trinajstić information content (AvgIpc) is 3.07. The van der Waals surface area contributed by atoms with Crippen molar-refractivity contribution in [1.82, 2.24) is 14.5 Å². The van der Waals surface area contributed by atoms with E-state index in [1.165, 1.54) is 4.57 Å². The highest BCUT2D eigenvalue weighted by Gasteiger charge is 2.36. The maximum Gasteiger partial charge on any atom is 0.346 e. The Balaban J connectivity index is 2.07. The summed E-state index contributed by atoms with van der Waals surface area (Å²) < 4.78 is 6.50. The molecule has 1 aliphatic rings. The minimum atomic E-state index is -0.748. The first-order chi connectivity index (χ1) is 15.1. The lowest BCUT2D eigenvalue weighted by Crippen LogP contribution is -2.42. The highest BCUT2D eigenvalue weighted by atomic mass is 32.2. The molecule has 4 rings (SSSR count). The Morgan fingerprint density at radius 3 is 2.52 bits per heavy atom. The molecule has 0 aromatic carbocycles. The van der Waals surface area contributed by atoms with Crippen molar-refractivity contribution in [2.24, 2.45) is 0 Å². The molecule has 0 radical (unpaired) electrons. The van der Waals surface area contributed by atoms with E-state index >= 15 is 0 Å². The summed E-state index contributed by atoms with van der Waals surface area (Å²) >= 11 is 1.09. The van der Waals surface area contributed by atoms with Gasteiger partial charge in [-0.3, -0.25) is 19.3 Å². The first kappa shape index (κ1) is 20.4. The van der Waals surface area contributed by atoms with Crippen molar-refractivity contribution in [3.8, 4) is 6.07 Å². The summed E-state index contributed by atoms with van der Waals surface area (Å²) in [5.74, 6) is -0.941. The van der Waals surface area contributed by atoms with E-state index in [2.05, 4.69) is 9.97 Å². The predicted molar refractivity (Wildman–Crippen MR) is 116 cm³/mol. The van der Waals surface area contributed by atoms with Gasteiger partial charge >= 0.3 is 5.97 Å². The van der Waals surface area contributed by atoms with E-state index < -0.39 is 11.2 Å². The van der Waals surface area contributed by atoms with Crippen LogP contribution in [-0.4, -0.2) is 33.0 Å². The lowest BCUT2D eigenvalue weighted by molar-refractivity contribution is -0.135. The summed E-state index contributed by atoms with van der Waals surface area (Å²) in [6, 6.07) is 8.94. The predicted octanol–water partition coefficient (Wildman–Crippen LogP) is 1.36. The van der Waals surface area contributed by atoms with Gasteiger partial charge in [-0.05, 0) is 48.4 Å². The largest absolute Gasteiger partial charge is 0.462 e. The Bertz CT molecular complexity index is 1330. The number of nitrogens with two attached hydrogens (primary N) is 1. The molecular weight excluding hydrogens is 414 g/mol. The minimum Gasteiger partial charge on any atom is -0.462 e. The summed E-state index contributed by atoms with van der Waals surface area (Å²) in [5, 5.41) is 9.72. The molecule has 0 spiro atoms. The Labute approximate surface area is 181 Å². The zero-order valence-corrected chi connectivity index (χ0v) is 17.3. The van der Waals surface area contributed by atoms with Gasteiger partial charge in [0.05, 0.1) is 17.6 Å². The molecule has 0 unspecified atom stereocenters. The van der Waals surface area contributed by atoms with Crippen molar-refractivity contribution in [2.75, 3.05) is 12.3 Å². The van der Waals surface area contributed by atoms with Crippen LogP contribution < -0.4 is 16.3 Å². The van der Waals surface area contributed by atoms with Crippen LogP contribution in [0.2, 0.25) is 0 Å². The fraction of sp³-hybridized carbons (Fsp3) is 0.136. The van der Waals surface area contributed by atoms with Crippen LogP contribution in [0, 0.1) is 11.3 Å². The van der Waals surface area contributed by atoms with Gasteiger partial charge in [-0.25, -0.2) is 4.79 Å². The molecule has 0 fully saturated rings. The number of hydrogen-bond acceptors (Lipinski definition) is 8. The fourth-order valence-corrected chi connectivity index (χ4v) is 4.57. The molecule has 3 aromatic rings. The molecule has 0 amide bonds. The Morgan fingerprint density at radius 1 is 1.26 bits per heavy atom. The lowest BCUT2D eigenvalue weighted by atomic mass is 10.1. The van der Waals surface area contributed by atoms with Crippen LogP contribution in [0.15, 0.2) is 49.1 Å². The molecule has 0 saturated heterocycles. The van der Waals surface area contributed by atoms with Crippen molar-refractivity contribution < 1.29 is 14.3 Å². The molecule has 1 aliphatic heterocycles. The molecular formula is C22H17N5O3S. The van der Waals surface area contributed by atoms with Gasteiger partial charge in [0.25, 0.3) is 0 Å². The molecule has 0 aliphatic carbocycles. The van der Waals surface area contributed by atoms with Crippen LogP contribution in [0.1, 0.15) is 33.8 Å². The summed E-state index contributed by atoms with van der Waals surface area (Å²) in [6.07, 6.45) is 8.10. The van der Waals surface area contributed by atoms with Crippen LogP contribution in [0.4, 0.5) is 5.69 Å². The molecule has 1 atom stereocenters. The van der Waals surface area contributed by atoms with E-state index in [0.29, 0.717) is 10.8 Å². The number of aromatic nitrogens is 3. The number of esters is 1. The second-order valence-electron chi connectivity index (χ2n) is 6.56. The van der Waals surface area contributed by atoms with E-state index in [1.807, 2.05) is 6.07 Å². The Morgan fingerprint density at radius 2 is 1.90 bits per heavy atom. The molecule has 154 valence electrons. The molecule has 3 aromatic heterocycles. The standard InChI is InChI=1S/C22H17N5O3S/c1-2-30-22(29)20-18-15(11-13-3-7-25-8-4-13)17(24)16(12-23)27(18)21(28)19(31-20)14-5-9-26-10-6-14/h3-11,19H,2,24H2,1H3/b15-11+/t19-/m0/s1. The second kappa shape index (κ2) is 8.45. The maximum absolute atomic E-state index is 13.5. The first-order valence-corrected chi connectivity index (χ1v) is 10.3. The maximum atomic E-state index is 13.5. The second-order valence-corrected chi connectivity index (χ2v) is 7.68. The van der Waals surface area contributed by atoms with Crippen LogP contribution in [0.25, 0.3) is 11.0 Å². The van der Waals surface area contributed by atoms with Crippen molar-refractivity contribution in [3.63, 3.8) is 0 Å². The number of rotatable bonds is 4. The number of nitriles is 1. The number of nitrogens with zero attached hydrogens (tertiary/aromatic N) is 4. The monoisotopic (exact) mass is 431 g/mol. The van der Waals surface area contributed by atoms with Crippen LogP contribution in [-0.2, 0) is 9.53 Å². The number of carbonyl (C=O) groups excluding carboxylic acids is 2. The Kier molecular flexibility index (Phi) is 5.56. The van der Waals surface area contributed by atoms with E-state index in [0.717, 1.165) is 17.3 Å². The number of fused-ring (bicyclic) bond motifs is 1. The molecule has 0 saturated carbocycles. The number of thioether (sulfide) groups is 1. The smallest absolute Gasteiger partial charge is 0.346 e. The van der Waals surface area contributed by atoms with Crippen LogP contribution >= 0.6 is 11.8 Å². The zero-order chi connectivity index (χ0) is 22.0. The minimum absolute atomic E-state index is 0.0125. The van der Waals surface area contributed by atoms with E-state index in [4.69, 9.17) is 10.5 Å². The summed E-state index contributed by atoms with van der Waals surface area (Å²) in [6.45, 7) is 1.87. The summed E-state index contributed by atoms with van der Waals surface area (Å²) in [5.41, 5.74) is 7.83. The lowest BCUT2D eigenvalue weighted by Gasteiger charge is -2.22. The number of carbonyl (C=O) groups is 2. The number of nitrogen functional groups attached to an aromatic ring is 1. The molecule has 4 heterocycles. The number of pyridine rings is 2. The summed E-state index contributed by atoms with van der Waals surface area (Å²) in [4.78, 5) is 34.6. The van der Waals surface area contributed by atoms with E-state index in [1.54, 1.807) is 62.1 Å². The number of anilines is 1. The van der Waals surface area contributed by atoms with Crippen LogP contribution in [0.5, 0.6) is 0 Å². The topological polar surface area (TPSA) is 124 Å². The fourth-order valence-electron chi connectivity index (χ4n) is 3.37.